The Morgan fingerprint density at radius 1 is 0.621 bits per heavy atom. The molecule has 0 spiro atoms. The maximum atomic E-state index is 10.6. The van der Waals surface area contributed by atoms with Crippen molar-refractivity contribution < 1.29 is 46.8 Å². The Morgan fingerprint density at radius 3 is 1.34 bits per heavy atom. The van der Waals surface area contributed by atoms with Crippen LogP contribution in [0.2, 0.25) is 0 Å². The zero-order valence-corrected chi connectivity index (χ0v) is 15.6. The largest absolute Gasteiger partial charge is 0.506 e. The number of para-hydroxylation sites is 2. The number of fused-ring (bicyclic) bond motifs is 2. The Balaban J connectivity index is 0.000000200. The van der Waals surface area contributed by atoms with E-state index in [1.54, 1.807) is 36.4 Å². The van der Waals surface area contributed by atoms with Gasteiger partial charge in [0.1, 0.15) is 33.9 Å². The van der Waals surface area contributed by atoms with Crippen molar-refractivity contribution in [2.24, 2.45) is 0 Å². The summed E-state index contributed by atoms with van der Waals surface area (Å²) in [6.45, 7) is 0. The normalized spacial score (nSPS) is 9.93. The third-order valence-electron chi connectivity index (χ3n) is 3.84. The number of nitrogens with zero attached hydrogens (tertiary/aromatic N) is 2. The first-order chi connectivity index (χ1) is 13.4. The molecule has 0 aliphatic heterocycles. The zero-order chi connectivity index (χ0) is 20.3. The molecule has 4 N–H and O–H groups in total. The first kappa shape index (κ1) is 21.6. The minimum absolute atomic E-state index is 0. The van der Waals surface area contributed by atoms with Crippen molar-refractivity contribution in [1.29, 1.82) is 0 Å². The molecule has 0 saturated heterocycles. The van der Waals surface area contributed by atoms with E-state index in [0.717, 1.165) is 10.8 Å². The maximum absolute atomic E-state index is 10.6. The van der Waals surface area contributed by atoms with E-state index >= 15 is 0 Å². The van der Waals surface area contributed by atoms with E-state index in [4.69, 9.17) is 10.2 Å². The summed E-state index contributed by atoms with van der Waals surface area (Å²) >= 11 is 0. The molecule has 8 nitrogen and oxygen atoms in total. The molecule has 149 valence electrons. The second-order valence-corrected chi connectivity index (χ2v) is 5.70. The van der Waals surface area contributed by atoms with E-state index in [0.29, 0.717) is 11.0 Å². The van der Waals surface area contributed by atoms with Gasteiger partial charge in [-0.1, -0.05) is 36.4 Å². The van der Waals surface area contributed by atoms with Crippen LogP contribution in [0.25, 0.3) is 21.8 Å². The summed E-state index contributed by atoms with van der Waals surface area (Å²) in [6.07, 6.45) is 0. The van der Waals surface area contributed by atoms with Gasteiger partial charge in [0.15, 0.2) is 0 Å². The molecular weight excluding hydrogens is 423 g/mol. The van der Waals surface area contributed by atoms with E-state index in [1.807, 2.05) is 0 Å². The number of rotatable bonds is 2. The molecule has 9 heteroatoms. The van der Waals surface area contributed by atoms with Crippen molar-refractivity contribution in [2.75, 3.05) is 0 Å². The fourth-order valence-corrected chi connectivity index (χ4v) is 2.50. The number of phenolic OH excluding ortho intramolecular Hbond substituents is 2. The molecule has 2 aromatic heterocycles. The number of aromatic carboxylic acids is 2. The third-order valence-corrected chi connectivity index (χ3v) is 3.84. The summed E-state index contributed by atoms with van der Waals surface area (Å²) in [7, 11) is 0. The number of benzene rings is 2. The van der Waals surface area contributed by atoms with Crippen molar-refractivity contribution >= 4 is 33.7 Å². The van der Waals surface area contributed by atoms with Gasteiger partial charge in [-0.3, -0.25) is 0 Å². The predicted molar refractivity (Wildman–Crippen MR) is 101 cm³/mol. The average molecular weight is 437 g/mol. The smallest absolute Gasteiger partial charge is 0.354 e. The van der Waals surface area contributed by atoms with Crippen LogP contribution in [-0.2, 0) is 16.8 Å². The molecule has 0 aliphatic rings. The quantitative estimate of drug-likeness (QED) is 0.375. The summed E-state index contributed by atoms with van der Waals surface area (Å²) in [5.41, 5.74) is 0.484. The average Bonchev–Trinajstić information content (AvgIpc) is 2.68. The van der Waals surface area contributed by atoms with E-state index in [-0.39, 0.29) is 39.7 Å². The van der Waals surface area contributed by atoms with Gasteiger partial charge in [-0.05, 0) is 24.3 Å². The van der Waals surface area contributed by atoms with Gasteiger partial charge in [-0.15, -0.1) is 0 Å². The number of aromatic nitrogens is 2. The molecule has 2 aromatic carbocycles. The summed E-state index contributed by atoms with van der Waals surface area (Å²) < 4.78 is 0. The Bertz CT molecular complexity index is 1120. The number of aromatic hydroxyl groups is 2. The number of carboxylic acid groups (broad SMARTS) is 2. The number of hydrogen-bond acceptors (Lipinski definition) is 6. The van der Waals surface area contributed by atoms with E-state index in [1.165, 1.54) is 24.3 Å². The standard InChI is InChI=1S/2C10H7NO3.Co/c2*12-8-3-1-2-6-4-5-7(10(13)14)11-9(6)8;/h2*1-5,12H,(H,13,14);. The van der Waals surface area contributed by atoms with Crippen molar-refractivity contribution in [1.82, 2.24) is 9.97 Å². The molecule has 0 amide bonds. The Kier molecular flexibility index (Phi) is 6.70. The van der Waals surface area contributed by atoms with E-state index in [2.05, 4.69) is 9.97 Å². The van der Waals surface area contributed by atoms with E-state index < -0.39 is 11.9 Å². The first-order valence-corrected chi connectivity index (χ1v) is 8.01. The fraction of sp³-hybridized carbons (Fsp3) is 0. The topological polar surface area (TPSA) is 141 Å². The van der Waals surface area contributed by atoms with Crippen molar-refractivity contribution in [2.45, 2.75) is 0 Å². The Labute approximate surface area is 174 Å². The predicted octanol–water partition coefficient (Wildman–Crippen LogP) is 3.27. The number of carbonyl (C=O) groups is 2. The van der Waals surface area contributed by atoms with Gasteiger partial charge in [-0.25, -0.2) is 19.6 Å². The van der Waals surface area contributed by atoms with Crippen molar-refractivity contribution in [3.05, 3.63) is 72.1 Å². The zero-order valence-electron chi connectivity index (χ0n) is 14.6. The summed E-state index contributed by atoms with van der Waals surface area (Å²) in [5.74, 6) is -2.22. The molecule has 0 unspecified atom stereocenters. The molecule has 1 radical (unpaired) electrons. The molecular formula is C20H14CoN2O6. The molecule has 29 heavy (non-hydrogen) atoms. The number of carboxylic acids is 2. The summed E-state index contributed by atoms with van der Waals surface area (Å²) in [6, 6.07) is 15.9. The monoisotopic (exact) mass is 437 g/mol. The minimum Gasteiger partial charge on any atom is -0.506 e. The van der Waals surface area contributed by atoms with Crippen LogP contribution in [0.3, 0.4) is 0 Å². The van der Waals surface area contributed by atoms with Crippen LogP contribution in [-0.4, -0.2) is 42.3 Å². The number of hydrogen-bond donors (Lipinski definition) is 4. The van der Waals surface area contributed by atoms with Gasteiger partial charge in [0.05, 0.1) is 0 Å². The Hall–Kier alpha value is -3.69. The van der Waals surface area contributed by atoms with Crippen LogP contribution in [0.4, 0.5) is 0 Å². The van der Waals surface area contributed by atoms with Gasteiger partial charge in [0.2, 0.25) is 0 Å². The van der Waals surface area contributed by atoms with Crippen molar-refractivity contribution in [3.63, 3.8) is 0 Å². The van der Waals surface area contributed by atoms with Gasteiger partial charge in [0.25, 0.3) is 0 Å². The van der Waals surface area contributed by atoms with Crippen LogP contribution in [0.5, 0.6) is 11.5 Å². The molecule has 4 aromatic rings. The van der Waals surface area contributed by atoms with Crippen LogP contribution in [0.15, 0.2) is 60.7 Å². The van der Waals surface area contributed by atoms with Crippen LogP contribution >= 0.6 is 0 Å². The van der Waals surface area contributed by atoms with Gasteiger partial charge in [-0.2, -0.15) is 0 Å². The number of phenols is 2. The minimum atomic E-state index is -1.10. The molecule has 0 atom stereocenters. The second-order valence-electron chi connectivity index (χ2n) is 5.70. The van der Waals surface area contributed by atoms with Crippen LogP contribution in [0, 0.1) is 0 Å². The molecule has 0 aliphatic carbocycles. The van der Waals surface area contributed by atoms with Gasteiger partial charge >= 0.3 is 11.9 Å². The van der Waals surface area contributed by atoms with Gasteiger partial charge < -0.3 is 20.4 Å². The first-order valence-electron chi connectivity index (χ1n) is 8.01. The third kappa shape index (κ3) is 4.78. The molecule has 0 saturated carbocycles. The van der Waals surface area contributed by atoms with Crippen LogP contribution < -0.4 is 0 Å². The number of pyridine rings is 2. The second kappa shape index (κ2) is 9.00. The van der Waals surface area contributed by atoms with Gasteiger partial charge in [0, 0.05) is 27.6 Å². The Morgan fingerprint density at radius 2 is 1.00 bits per heavy atom. The van der Waals surface area contributed by atoms with Crippen LogP contribution in [0.1, 0.15) is 21.0 Å². The molecule has 0 bridgehead atoms. The molecule has 2 heterocycles. The molecule has 4 rings (SSSR count). The summed E-state index contributed by atoms with van der Waals surface area (Å²) in [5, 5.41) is 37.7. The SMILES string of the molecule is O=C(O)c1ccc2cccc(O)c2n1.O=C(O)c1ccc2cccc(O)c2n1.[Co]. The van der Waals surface area contributed by atoms with Crippen molar-refractivity contribution in [3.8, 4) is 11.5 Å². The van der Waals surface area contributed by atoms with E-state index in [9.17, 15) is 19.8 Å². The summed E-state index contributed by atoms with van der Waals surface area (Å²) in [4.78, 5) is 28.9. The maximum Gasteiger partial charge on any atom is 0.354 e. The molecule has 0 fully saturated rings. The fourth-order valence-electron chi connectivity index (χ4n) is 2.50.